The van der Waals surface area contributed by atoms with E-state index in [4.69, 9.17) is 10.8 Å². The van der Waals surface area contributed by atoms with Gasteiger partial charge in [0.25, 0.3) is 0 Å². The smallest absolute Gasteiger partial charge is 0.128 e. The first-order valence-corrected chi connectivity index (χ1v) is 3.83. The van der Waals surface area contributed by atoms with E-state index in [2.05, 4.69) is 10.3 Å². The Labute approximate surface area is 71.4 Å². The van der Waals surface area contributed by atoms with Crippen molar-refractivity contribution >= 4 is 11.6 Å². The Hall–Kier alpha value is -1.29. The third kappa shape index (κ3) is 2.75. The fraction of sp³-hybridized carbons (Fsp3) is 0.375. The Balaban J connectivity index is 2.52. The number of nitrogen functional groups attached to an aromatic ring is 1. The van der Waals surface area contributed by atoms with E-state index in [-0.39, 0.29) is 6.10 Å². The Kier molecular flexibility index (Phi) is 2.88. The summed E-state index contributed by atoms with van der Waals surface area (Å²) in [6.45, 7) is 2.19. The van der Waals surface area contributed by atoms with Gasteiger partial charge in [0.2, 0.25) is 0 Å². The van der Waals surface area contributed by atoms with Gasteiger partial charge in [-0.3, -0.25) is 0 Å². The molecule has 4 heteroatoms. The standard InChI is InChI=1S/C8H13N3O/c1-6(12)5-10-8-4-2-3-7(9)11-8/h2-4,6,12H,5H2,1H3,(H3,9,10,11). The van der Waals surface area contributed by atoms with E-state index in [1.54, 1.807) is 19.1 Å². The summed E-state index contributed by atoms with van der Waals surface area (Å²) in [5.74, 6) is 1.17. The molecule has 1 rings (SSSR count). The van der Waals surface area contributed by atoms with Crippen molar-refractivity contribution in [1.29, 1.82) is 0 Å². The maximum absolute atomic E-state index is 8.96. The van der Waals surface area contributed by atoms with Gasteiger partial charge in [0.05, 0.1) is 6.10 Å². The molecule has 12 heavy (non-hydrogen) atoms. The summed E-state index contributed by atoms with van der Waals surface area (Å²) in [6.07, 6.45) is -0.381. The summed E-state index contributed by atoms with van der Waals surface area (Å²) in [7, 11) is 0. The minimum Gasteiger partial charge on any atom is -0.392 e. The fourth-order valence-electron chi connectivity index (χ4n) is 0.802. The van der Waals surface area contributed by atoms with Gasteiger partial charge >= 0.3 is 0 Å². The van der Waals surface area contributed by atoms with Gasteiger partial charge in [0.15, 0.2) is 0 Å². The van der Waals surface area contributed by atoms with Crippen LogP contribution in [-0.4, -0.2) is 22.7 Å². The highest BCUT2D eigenvalue weighted by Crippen LogP contribution is 2.04. The molecular formula is C8H13N3O. The van der Waals surface area contributed by atoms with E-state index in [0.29, 0.717) is 18.2 Å². The van der Waals surface area contributed by atoms with E-state index in [1.165, 1.54) is 0 Å². The van der Waals surface area contributed by atoms with Crippen LogP contribution in [0.15, 0.2) is 18.2 Å². The zero-order valence-corrected chi connectivity index (χ0v) is 6.99. The number of nitrogens with zero attached hydrogens (tertiary/aromatic N) is 1. The summed E-state index contributed by atoms with van der Waals surface area (Å²) >= 11 is 0. The highest BCUT2D eigenvalue weighted by Gasteiger charge is 1.96. The highest BCUT2D eigenvalue weighted by molar-refractivity contribution is 5.42. The topological polar surface area (TPSA) is 71.2 Å². The number of aliphatic hydroxyl groups excluding tert-OH is 1. The van der Waals surface area contributed by atoms with E-state index in [0.717, 1.165) is 0 Å². The van der Waals surface area contributed by atoms with Gasteiger partial charge in [-0.25, -0.2) is 4.98 Å². The minimum atomic E-state index is -0.381. The number of hydrogen-bond acceptors (Lipinski definition) is 4. The van der Waals surface area contributed by atoms with Crippen molar-refractivity contribution < 1.29 is 5.11 Å². The number of anilines is 2. The maximum Gasteiger partial charge on any atom is 0.128 e. The second-order valence-corrected chi connectivity index (χ2v) is 2.68. The van der Waals surface area contributed by atoms with Crippen LogP contribution in [0.25, 0.3) is 0 Å². The summed E-state index contributed by atoms with van der Waals surface area (Å²) in [5.41, 5.74) is 5.45. The van der Waals surface area contributed by atoms with Crippen LogP contribution in [-0.2, 0) is 0 Å². The lowest BCUT2D eigenvalue weighted by atomic mass is 10.4. The van der Waals surface area contributed by atoms with Crippen molar-refractivity contribution in [3.05, 3.63) is 18.2 Å². The third-order valence-electron chi connectivity index (χ3n) is 1.35. The Morgan fingerprint density at radius 1 is 1.67 bits per heavy atom. The number of nitrogens with one attached hydrogen (secondary N) is 1. The lowest BCUT2D eigenvalue weighted by Crippen LogP contribution is -2.16. The average Bonchev–Trinajstić information content (AvgIpc) is 2.01. The van der Waals surface area contributed by atoms with Crippen molar-refractivity contribution in [2.75, 3.05) is 17.6 Å². The molecule has 0 fully saturated rings. The van der Waals surface area contributed by atoms with Crippen LogP contribution in [0.3, 0.4) is 0 Å². The molecule has 1 unspecified atom stereocenters. The van der Waals surface area contributed by atoms with Crippen molar-refractivity contribution in [2.45, 2.75) is 13.0 Å². The molecule has 1 heterocycles. The molecule has 0 saturated carbocycles. The number of aliphatic hydroxyl groups is 1. The number of pyridine rings is 1. The van der Waals surface area contributed by atoms with Crippen LogP contribution in [0.5, 0.6) is 0 Å². The van der Waals surface area contributed by atoms with E-state index < -0.39 is 0 Å². The van der Waals surface area contributed by atoms with Gasteiger partial charge in [-0.2, -0.15) is 0 Å². The Morgan fingerprint density at radius 2 is 2.42 bits per heavy atom. The quantitative estimate of drug-likeness (QED) is 0.611. The average molecular weight is 167 g/mol. The number of hydrogen-bond donors (Lipinski definition) is 3. The van der Waals surface area contributed by atoms with Gasteiger partial charge < -0.3 is 16.2 Å². The summed E-state index contributed by atoms with van der Waals surface area (Å²) in [4.78, 5) is 4.00. The first-order chi connectivity index (χ1) is 5.68. The number of rotatable bonds is 3. The molecule has 0 aliphatic rings. The fourth-order valence-corrected chi connectivity index (χ4v) is 0.802. The van der Waals surface area contributed by atoms with Crippen LogP contribution >= 0.6 is 0 Å². The molecule has 66 valence electrons. The second kappa shape index (κ2) is 3.92. The monoisotopic (exact) mass is 167 g/mol. The molecule has 0 radical (unpaired) electrons. The van der Waals surface area contributed by atoms with Gasteiger partial charge in [0, 0.05) is 6.54 Å². The molecule has 4 N–H and O–H groups in total. The zero-order valence-electron chi connectivity index (χ0n) is 6.99. The van der Waals surface area contributed by atoms with E-state index >= 15 is 0 Å². The summed E-state index contributed by atoms with van der Waals surface area (Å²) < 4.78 is 0. The minimum absolute atomic E-state index is 0.381. The molecular weight excluding hydrogens is 154 g/mol. The highest BCUT2D eigenvalue weighted by atomic mass is 16.3. The molecule has 0 spiro atoms. The molecule has 0 saturated heterocycles. The van der Waals surface area contributed by atoms with E-state index in [9.17, 15) is 0 Å². The van der Waals surface area contributed by atoms with Gasteiger partial charge in [-0.1, -0.05) is 6.07 Å². The van der Waals surface area contributed by atoms with Gasteiger partial charge in [-0.05, 0) is 19.1 Å². The predicted molar refractivity (Wildman–Crippen MR) is 48.8 cm³/mol. The lowest BCUT2D eigenvalue weighted by Gasteiger charge is -2.07. The SMILES string of the molecule is CC(O)CNc1cccc(N)n1. The molecule has 0 aliphatic carbocycles. The maximum atomic E-state index is 8.96. The van der Waals surface area contributed by atoms with Crippen LogP contribution in [0.4, 0.5) is 11.6 Å². The lowest BCUT2D eigenvalue weighted by molar-refractivity contribution is 0.208. The zero-order chi connectivity index (χ0) is 8.97. The van der Waals surface area contributed by atoms with Crippen molar-refractivity contribution in [3.8, 4) is 0 Å². The van der Waals surface area contributed by atoms with Crippen LogP contribution < -0.4 is 11.1 Å². The normalized spacial score (nSPS) is 12.5. The number of nitrogens with two attached hydrogens (primary N) is 1. The molecule has 1 aromatic rings. The van der Waals surface area contributed by atoms with Crippen LogP contribution in [0, 0.1) is 0 Å². The molecule has 0 amide bonds. The van der Waals surface area contributed by atoms with Crippen molar-refractivity contribution in [1.82, 2.24) is 4.98 Å². The third-order valence-corrected chi connectivity index (χ3v) is 1.35. The van der Waals surface area contributed by atoms with E-state index in [1.807, 2.05) is 6.07 Å². The largest absolute Gasteiger partial charge is 0.392 e. The van der Waals surface area contributed by atoms with Crippen molar-refractivity contribution in [3.63, 3.8) is 0 Å². The second-order valence-electron chi connectivity index (χ2n) is 2.68. The predicted octanol–water partition coefficient (Wildman–Crippen LogP) is 0.457. The Bertz CT molecular complexity index is 250. The molecule has 0 aromatic carbocycles. The molecule has 1 atom stereocenters. The number of aromatic nitrogens is 1. The van der Waals surface area contributed by atoms with Gasteiger partial charge in [0.1, 0.15) is 11.6 Å². The van der Waals surface area contributed by atoms with Crippen LogP contribution in [0.1, 0.15) is 6.92 Å². The molecule has 1 aromatic heterocycles. The van der Waals surface area contributed by atoms with Crippen molar-refractivity contribution in [2.24, 2.45) is 0 Å². The summed E-state index contributed by atoms with van der Waals surface area (Å²) in [5, 5.41) is 11.9. The van der Waals surface area contributed by atoms with Crippen LogP contribution in [0.2, 0.25) is 0 Å². The first-order valence-electron chi connectivity index (χ1n) is 3.83. The first kappa shape index (κ1) is 8.80. The van der Waals surface area contributed by atoms with Gasteiger partial charge in [-0.15, -0.1) is 0 Å². The molecule has 4 nitrogen and oxygen atoms in total. The Morgan fingerprint density at radius 3 is 3.00 bits per heavy atom. The molecule has 0 bridgehead atoms. The molecule has 0 aliphatic heterocycles. The summed E-state index contributed by atoms with van der Waals surface area (Å²) in [6, 6.07) is 5.33.